The lowest BCUT2D eigenvalue weighted by atomic mass is 9.65. The SMILES string of the molecule is COc1ccc(CCN(C)CCC[C@@]2(OC(C)=O)CCc3cc(OC)c(OC)cc3[C@@H]2C(C)C)cc1OC. The van der Waals surface area contributed by atoms with Crippen molar-refractivity contribution in [3.05, 3.63) is 47.0 Å². The maximum Gasteiger partial charge on any atom is 0.303 e. The average Bonchev–Trinajstić information content (AvgIpc) is 2.90. The van der Waals surface area contributed by atoms with Gasteiger partial charge in [-0.25, -0.2) is 0 Å². The highest BCUT2D eigenvalue weighted by atomic mass is 16.6. The van der Waals surface area contributed by atoms with E-state index in [2.05, 4.69) is 44.0 Å². The van der Waals surface area contributed by atoms with Crippen LogP contribution < -0.4 is 18.9 Å². The molecule has 0 aliphatic heterocycles. The molecule has 7 heteroatoms. The number of hydrogen-bond donors (Lipinski definition) is 0. The molecule has 7 nitrogen and oxygen atoms in total. The highest BCUT2D eigenvalue weighted by Crippen LogP contribution is 2.50. The molecule has 2 aromatic carbocycles. The van der Waals surface area contributed by atoms with Crippen LogP contribution >= 0.6 is 0 Å². The van der Waals surface area contributed by atoms with E-state index in [0.717, 1.165) is 62.4 Å². The van der Waals surface area contributed by atoms with Crippen molar-refractivity contribution >= 4 is 5.97 Å². The Balaban J connectivity index is 1.73. The van der Waals surface area contributed by atoms with Gasteiger partial charge in [0, 0.05) is 19.4 Å². The number of carbonyl (C=O) groups excluding carboxylic acids is 1. The summed E-state index contributed by atoms with van der Waals surface area (Å²) < 4.78 is 28.2. The van der Waals surface area contributed by atoms with Crippen LogP contribution in [0.5, 0.6) is 23.0 Å². The molecule has 0 fully saturated rings. The molecular weight excluding hydrogens is 482 g/mol. The molecule has 0 unspecified atom stereocenters. The van der Waals surface area contributed by atoms with E-state index in [1.807, 2.05) is 12.1 Å². The largest absolute Gasteiger partial charge is 0.493 e. The minimum Gasteiger partial charge on any atom is -0.493 e. The summed E-state index contributed by atoms with van der Waals surface area (Å²) in [6.07, 6.45) is 4.29. The van der Waals surface area contributed by atoms with E-state index < -0.39 is 5.60 Å². The van der Waals surface area contributed by atoms with E-state index in [4.69, 9.17) is 23.7 Å². The predicted octanol–water partition coefficient (Wildman–Crippen LogP) is 5.66. The van der Waals surface area contributed by atoms with Crippen molar-refractivity contribution in [2.75, 3.05) is 48.6 Å². The molecule has 2 aromatic rings. The third-order valence-corrected chi connectivity index (χ3v) is 7.75. The van der Waals surface area contributed by atoms with Gasteiger partial charge in [-0.15, -0.1) is 0 Å². The molecule has 2 atom stereocenters. The van der Waals surface area contributed by atoms with Crippen LogP contribution in [0.4, 0.5) is 0 Å². The van der Waals surface area contributed by atoms with Crippen LogP contribution in [0.15, 0.2) is 30.3 Å². The standard InChI is InChI=1S/C31H45NO6/c1-21(2)30-25-20-29(37-8)28(36-7)19-24(25)12-15-31(30,38-22(3)33)14-9-16-32(4)17-13-23-10-11-26(34-5)27(18-23)35-6/h10-11,18-21,30H,9,12-17H2,1-8H3/t30-,31+/m0/s1. The molecule has 0 saturated heterocycles. The van der Waals surface area contributed by atoms with Crippen molar-refractivity contribution < 1.29 is 28.5 Å². The van der Waals surface area contributed by atoms with Crippen molar-refractivity contribution in [2.24, 2.45) is 5.92 Å². The summed E-state index contributed by atoms with van der Waals surface area (Å²) in [7, 11) is 8.78. The van der Waals surface area contributed by atoms with E-state index in [-0.39, 0.29) is 17.8 Å². The van der Waals surface area contributed by atoms with Gasteiger partial charge in [0.2, 0.25) is 0 Å². The Kier molecular flexibility index (Phi) is 10.3. The molecule has 0 bridgehead atoms. The Morgan fingerprint density at radius 2 is 1.58 bits per heavy atom. The Hall–Kier alpha value is -2.93. The molecule has 0 amide bonds. The summed E-state index contributed by atoms with van der Waals surface area (Å²) in [5.41, 5.74) is 3.11. The van der Waals surface area contributed by atoms with E-state index in [9.17, 15) is 4.79 Å². The summed E-state index contributed by atoms with van der Waals surface area (Å²) >= 11 is 0. The van der Waals surface area contributed by atoms with E-state index >= 15 is 0 Å². The van der Waals surface area contributed by atoms with Crippen molar-refractivity contribution in [3.8, 4) is 23.0 Å². The van der Waals surface area contributed by atoms with Crippen LogP contribution in [-0.2, 0) is 22.4 Å². The quantitative estimate of drug-likeness (QED) is 0.311. The Labute approximate surface area is 228 Å². The van der Waals surface area contributed by atoms with Crippen LogP contribution in [0.25, 0.3) is 0 Å². The maximum absolute atomic E-state index is 12.4. The Bertz CT molecular complexity index is 1080. The monoisotopic (exact) mass is 527 g/mol. The van der Waals surface area contributed by atoms with Gasteiger partial charge in [0.15, 0.2) is 23.0 Å². The number of carbonyl (C=O) groups is 1. The first-order valence-corrected chi connectivity index (χ1v) is 13.5. The lowest BCUT2D eigenvalue weighted by Gasteiger charge is -2.46. The van der Waals surface area contributed by atoms with Crippen LogP contribution in [0.3, 0.4) is 0 Å². The topological polar surface area (TPSA) is 66.5 Å². The number of likely N-dealkylation sites (N-methyl/N-ethyl adjacent to an activating group) is 1. The van der Waals surface area contributed by atoms with Gasteiger partial charge in [0.25, 0.3) is 0 Å². The van der Waals surface area contributed by atoms with Gasteiger partial charge in [-0.3, -0.25) is 4.79 Å². The Morgan fingerprint density at radius 3 is 2.18 bits per heavy atom. The fourth-order valence-electron chi connectivity index (χ4n) is 6.04. The second-order valence-corrected chi connectivity index (χ2v) is 10.6. The molecule has 3 rings (SSSR count). The zero-order chi connectivity index (χ0) is 27.9. The lowest BCUT2D eigenvalue weighted by molar-refractivity contribution is -0.164. The zero-order valence-corrected chi connectivity index (χ0v) is 24.4. The second kappa shape index (κ2) is 13.2. The number of ether oxygens (including phenoxy) is 5. The maximum atomic E-state index is 12.4. The molecule has 0 aromatic heterocycles. The summed E-state index contributed by atoms with van der Waals surface area (Å²) in [5.74, 6) is 3.09. The molecule has 1 aliphatic rings. The van der Waals surface area contributed by atoms with Gasteiger partial charge in [-0.05, 0) is 92.6 Å². The fourth-order valence-corrected chi connectivity index (χ4v) is 6.04. The van der Waals surface area contributed by atoms with E-state index in [0.29, 0.717) is 5.75 Å². The van der Waals surface area contributed by atoms with Crippen LogP contribution in [0.2, 0.25) is 0 Å². The molecular formula is C31H45NO6. The van der Waals surface area contributed by atoms with Gasteiger partial charge in [0.1, 0.15) is 5.60 Å². The number of hydrogen-bond acceptors (Lipinski definition) is 7. The van der Waals surface area contributed by atoms with E-state index in [1.54, 1.807) is 28.4 Å². The third-order valence-electron chi connectivity index (χ3n) is 7.75. The number of methoxy groups -OCH3 is 4. The van der Waals surface area contributed by atoms with Crippen LogP contribution in [-0.4, -0.2) is 65.0 Å². The lowest BCUT2D eigenvalue weighted by Crippen LogP contribution is -2.46. The molecule has 0 N–H and O–H groups in total. The molecule has 0 spiro atoms. The van der Waals surface area contributed by atoms with Crippen LogP contribution in [0, 0.1) is 5.92 Å². The number of rotatable bonds is 13. The van der Waals surface area contributed by atoms with Crippen LogP contribution in [0.1, 0.15) is 62.6 Å². The Morgan fingerprint density at radius 1 is 0.947 bits per heavy atom. The van der Waals surface area contributed by atoms with Crippen molar-refractivity contribution in [3.63, 3.8) is 0 Å². The molecule has 0 saturated carbocycles. The normalized spacial score (nSPS) is 18.7. The van der Waals surface area contributed by atoms with Gasteiger partial charge in [0.05, 0.1) is 28.4 Å². The molecule has 210 valence electrons. The van der Waals surface area contributed by atoms with Gasteiger partial charge >= 0.3 is 5.97 Å². The number of benzene rings is 2. The highest BCUT2D eigenvalue weighted by Gasteiger charge is 2.47. The average molecular weight is 528 g/mol. The van der Waals surface area contributed by atoms with Gasteiger partial charge < -0.3 is 28.6 Å². The fraction of sp³-hybridized carbons (Fsp3) is 0.581. The first kappa shape index (κ1) is 29.6. The minimum atomic E-state index is -0.545. The first-order valence-electron chi connectivity index (χ1n) is 13.5. The van der Waals surface area contributed by atoms with Gasteiger partial charge in [-0.1, -0.05) is 19.9 Å². The summed E-state index contributed by atoms with van der Waals surface area (Å²) in [6, 6.07) is 10.3. The van der Waals surface area contributed by atoms with Gasteiger partial charge in [-0.2, -0.15) is 0 Å². The summed E-state index contributed by atoms with van der Waals surface area (Å²) in [5, 5.41) is 0. The second-order valence-electron chi connectivity index (χ2n) is 10.6. The number of fused-ring (bicyclic) bond motifs is 1. The predicted molar refractivity (Wildman–Crippen MR) is 150 cm³/mol. The smallest absolute Gasteiger partial charge is 0.303 e. The molecule has 0 heterocycles. The molecule has 38 heavy (non-hydrogen) atoms. The first-order chi connectivity index (χ1) is 18.2. The summed E-state index contributed by atoms with van der Waals surface area (Å²) in [6.45, 7) is 7.79. The number of esters is 1. The van der Waals surface area contributed by atoms with Crippen molar-refractivity contribution in [1.29, 1.82) is 0 Å². The van der Waals surface area contributed by atoms with E-state index in [1.165, 1.54) is 23.6 Å². The molecule has 0 radical (unpaired) electrons. The number of aryl methyl sites for hydroxylation is 1. The third kappa shape index (κ3) is 6.73. The summed E-state index contributed by atoms with van der Waals surface area (Å²) in [4.78, 5) is 14.7. The zero-order valence-electron chi connectivity index (χ0n) is 24.4. The highest BCUT2D eigenvalue weighted by molar-refractivity contribution is 5.67. The number of nitrogens with zero attached hydrogens (tertiary/aromatic N) is 1. The minimum absolute atomic E-state index is 0.0760. The molecule has 1 aliphatic carbocycles. The van der Waals surface area contributed by atoms with Crippen molar-refractivity contribution in [2.45, 2.75) is 64.4 Å². The van der Waals surface area contributed by atoms with Crippen molar-refractivity contribution in [1.82, 2.24) is 4.90 Å².